The van der Waals surface area contributed by atoms with Crippen molar-refractivity contribution in [1.82, 2.24) is 4.98 Å². The lowest BCUT2D eigenvalue weighted by molar-refractivity contribution is -0.262. The monoisotopic (exact) mass is 256 g/mol. The minimum atomic E-state index is -4.83. The summed E-state index contributed by atoms with van der Waals surface area (Å²) in [6, 6.07) is 7.30. The molecule has 3 N–H and O–H groups in total. The second kappa shape index (κ2) is 4.22. The first kappa shape index (κ1) is 12.8. The Hall–Kier alpha value is -1.66. The lowest BCUT2D eigenvalue weighted by Gasteiger charge is -2.29. The molecule has 1 aromatic heterocycles. The molecule has 0 spiro atoms. The van der Waals surface area contributed by atoms with E-state index in [2.05, 4.69) is 4.98 Å². The maximum Gasteiger partial charge on any atom is 0.422 e. The van der Waals surface area contributed by atoms with Gasteiger partial charge >= 0.3 is 6.18 Å². The molecule has 0 aliphatic heterocycles. The van der Waals surface area contributed by atoms with Crippen molar-refractivity contribution in [3.05, 3.63) is 42.1 Å². The zero-order chi connectivity index (χ0) is 13.4. The van der Waals surface area contributed by atoms with Crippen molar-refractivity contribution >= 4 is 10.9 Å². The Balaban J connectivity index is 2.59. The van der Waals surface area contributed by atoms with Crippen LogP contribution in [0, 0.1) is 0 Å². The quantitative estimate of drug-likeness (QED) is 0.863. The van der Waals surface area contributed by atoms with E-state index in [1.807, 2.05) is 0 Å². The molecule has 18 heavy (non-hydrogen) atoms. The highest BCUT2D eigenvalue weighted by atomic mass is 19.4. The van der Waals surface area contributed by atoms with Gasteiger partial charge in [0.1, 0.15) is 0 Å². The number of nitrogens with two attached hydrogens (primary N) is 1. The largest absolute Gasteiger partial charge is 0.422 e. The van der Waals surface area contributed by atoms with Gasteiger partial charge < -0.3 is 10.8 Å². The maximum atomic E-state index is 12.8. The number of benzene rings is 1. The fourth-order valence-electron chi connectivity index (χ4n) is 1.72. The SMILES string of the molecule is NCC(O)(c1ccc2cccnc2c1)C(F)(F)F. The molecule has 6 heteroatoms. The van der Waals surface area contributed by atoms with Gasteiger partial charge in [-0.05, 0) is 17.7 Å². The van der Waals surface area contributed by atoms with E-state index in [1.165, 1.54) is 24.4 Å². The summed E-state index contributed by atoms with van der Waals surface area (Å²) >= 11 is 0. The van der Waals surface area contributed by atoms with Crippen molar-refractivity contribution in [1.29, 1.82) is 0 Å². The zero-order valence-corrected chi connectivity index (χ0v) is 9.28. The maximum absolute atomic E-state index is 12.8. The molecule has 1 heterocycles. The average Bonchev–Trinajstić information content (AvgIpc) is 2.35. The Morgan fingerprint density at radius 1 is 1.22 bits per heavy atom. The van der Waals surface area contributed by atoms with E-state index in [-0.39, 0.29) is 5.56 Å². The smallest absolute Gasteiger partial charge is 0.375 e. The van der Waals surface area contributed by atoms with Gasteiger partial charge in [0.15, 0.2) is 5.60 Å². The number of pyridine rings is 1. The van der Waals surface area contributed by atoms with E-state index in [9.17, 15) is 18.3 Å². The summed E-state index contributed by atoms with van der Waals surface area (Å²) in [5.74, 6) is 0. The van der Waals surface area contributed by atoms with Crippen LogP contribution >= 0.6 is 0 Å². The van der Waals surface area contributed by atoms with Crippen LogP contribution in [0.5, 0.6) is 0 Å². The van der Waals surface area contributed by atoms with Crippen LogP contribution in [0.25, 0.3) is 10.9 Å². The van der Waals surface area contributed by atoms with E-state index < -0.39 is 18.3 Å². The highest BCUT2D eigenvalue weighted by Gasteiger charge is 2.54. The van der Waals surface area contributed by atoms with E-state index >= 15 is 0 Å². The molecule has 96 valence electrons. The van der Waals surface area contributed by atoms with Crippen molar-refractivity contribution in [3.63, 3.8) is 0 Å². The molecule has 2 aromatic rings. The van der Waals surface area contributed by atoms with Crippen LogP contribution in [0.15, 0.2) is 36.5 Å². The normalized spacial score (nSPS) is 15.6. The number of alkyl halides is 3. The number of rotatable bonds is 2. The summed E-state index contributed by atoms with van der Waals surface area (Å²) in [7, 11) is 0. The summed E-state index contributed by atoms with van der Waals surface area (Å²) < 4.78 is 38.5. The fourth-order valence-corrected chi connectivity index (χ4v) is 1.72. The topological polar surface area (TPSA) is 59.1 Å². The van der Waals surface area contributed by atoms with Gasteiger partial charge in [0.05, 0.1) is 5.52 Å². The third-order valence-corrected chi connectivity index (χ3v) is 2.85. The van der Waals surface area contributed by atoms with Gasteiger partial charge in [-0.15, -0.1) is 0 Å². The van der Waals surface area contributed by atoms with Crippen LogP contribution in [0.4, 0.5) is 13.2 Å². The highest BCUT2D eigenvalue weighted by Crippen LogP contribution is 2.38. The number of hydrogen-bond acceptors (Lipinski definition) is 3. The minimum Gasteiger partial charge on any atom is -0.375 e. The molecule has 2 rings (SSSR count). The number of halogens is 3. The number of aromatic nitrogens is 1. The zero-order valence-electron chi connectivity index (χ0n) is 9.28. The van der Waals surface area contributed by atoms with Crippen LogP contribution in [-0.2, 0) is 5.60 Å². The minimum absolute atomic E-state index is 0.302. The molecule has 0 fully saturated rings. The fraction of sp³-hybridized carbons (Fsp3) is 0.250. The van der Waals surface area contributed by atoms with Gasteiger partial charge in [-0.25, -0.2) is 0 Å². The van der Waals surface area contributed by atoms with Gasteiger partial charge in [0.2, 0.25) is 0 Å². The van der Waals surface area contributed by atoms with E-state index in [1.54, 1.807) is 12.1 Å². The van der Waals surface area contributed by atoms with Gasteiger partial charge in [0.25, 0.3) is 0 Å². The van der Waals surface area contributed by atoms with Crippen LogP contribution in [0.3, 0.4) is 0 Å². The van der Waals surface area contributed by atoms with Gasteiger partial charge in [-0.3, -0.25) is 4.98 Å². The molecule has 0 amide bonds. The van der Waals surface area contributed by atoms with E-state index in [0.717, 1.165) is 0 Å². The second-order valence-corrected chi connectivity index (χ2v) is 3.97. The number of nitrogens with zero attached hydrogens (tertiary/aromatic N) is 1. The Morgan fingerprint density at radius 2 is 1.94 bits per heavy atom. The lowest BCUT2D eigenvalue weighted by atomic mass is 9.92. The van der Waals surface area contributed by atoms with E-state index in [4.69, 9.17) is 5.73 Å². The van der Waals surface area contributed by atoms with Gasteiger partial charge in [-0.2, -0.15) is 13.2 Å². The lowest BCUT2D eigenvalue weighted by Crippen LogP contribution is -2.48. The summed E-state index contributed by atoms with van der Waals surface area (Å²) in [6.45, 7) is -0.936. The Bertz CT molecular complexity index is 570. The Morgan fingerprint density at radius 3 is 2.56 bits per heavy atom. The average molecular weight is 256 g/mol. The number of aliphatic hydroxyl groups is 1. The third kappa shape index (κ3) is 1.93. The molecular weight excluding hydrogens is 245 g/mol. The predicted octanol–water partition coefficient (Wildman–Crippen LogP) is 1.94. The molecule has 0 radical (unpaired) electrons. The standard InChI is InChI=1S/C12H11F3N2O/c13-12(14,15)11(18,7-16)9-4-3-8-2-1-5-17-10(8)6-9/h1-6,18H,7,16H2. The van der Waals surface area contributed by atoms with Gasteiger partial charge in [-0.1, -0.05) is 18.2 Å². The highest BCUT2D eigenvalue weighted by molar-refractivity contribution is 5.79. The van der Waals surface area contributed by atoms with Crippen molar-refractivity contribution in [2.75, 3.05) is 6.54 Å². The van der Waals surface area contributed by atoms with Gasteiger partial charge in [0, 0.05) is 18.1 Å². The second-order valence-electron chi connectivity index (χ2n) is 3.97. The van der Waals surface area contributed by atoms with Crippen LogP contribution in [-0.4, -0.2) is 22.8 Å². The van der Waals surface area contributed by atoms with Crippen molar-refractivity contribution < 1.29 is 18.3 Å². The molecule has 1 unspecified atom stereocenters. The number of fused-ring (bicyclic) bond motifs is 1. The molecule has 0 aliphatic rings. The Labute approximate surface area is 101 Å². The molecular formula is C12H11F3N2O. The van der Waals surface area contributed by atoms with Crippen LogP contribution in [0.1, 0.15) is 5.56 Å². The first-order valence-corrected chi connectivity index (χ1v) is 5.23. The summed E-state index contributed by atoms with van der Waals surface area (Å²) in [6.07, 6.45) is -3.36. The van der Waals surface area contributed by atoms with Crippen molar-refractivity contribution in [3.8, 4) is 0 Å². The molecule has 0 saturated carbocycles. The molecule has 0 saturated heterocycles. The third-order valence-electron chi connectivity index (χ3n) is 2.85. The van der Waals surface area contributed by atoms with Crippen LogP contribution in [0.2, 0.25) is 0 Å². The summed E-state index contributed by atoms with van der Waals surface area (Å²) in [5.41, 5.74) is 2.11. The van der Waals surface area contributed by atoms with Crippen LogP contribution < -0.4 is 5.73 Å². The first-order valence-electron chi connectivity index (χ1n) is 5.23. The van der Waals surface area contributed by atoms with E-state index in [0.29, 0.717) is 10.9 Å². The Kier molecular flexibility index (Phi) is 3.00. The number of hydrogen-bond donors (Lipinski definition) is 2. The van der Waals surface area contributed by atoms with Crippen molar-refractivity contribution in [2.45, 2.75) is 11.8 Å². The molecule has 1 atom stereocenters. The summed E-state index contributed by atoms with van der Waals surface area (Å²) in [5, 5.41) is 10.4. The molecule has 0 bridgehead atoms. The molecule has 1 aromatic carbocycles. The van der Waals surface area contributed by atoms with Crippen molar-refractivity contribution in [2.24, 2.45) is 5.73 Å². The molecule has 0 aliphatic carbocycles. The predicted molar refractivity (Wildman–Crippen MR) is 60.7 cm³/mol. The summed E-state index contributed by atoms with van der Waals surface area (Å²) in [4.78, 5) is 3.95. The first-order chi connectivity index (χ1) is 8.38. The molecule has 3 nitrogen and oxygen atoms in total.